The van der Waals surface area contributed by atoms with Crippen molar-refractivity contribution in [2.75, 3.05) is 12.4 Å². The molecule has 0 N–H and O–H groups in total. The summed E-state index contributed by atoms with van der Waals surface area (Å²) in [5.41, 5.74) is 1.69. The second kappa shape index (κ2) is 9.04. The van der Waals surface area contributed by atoms with Gasteiger partial charge in [-0.3, -0.25) is 4.79 Å². The smallest absolute Gasteiger partial charge is 0.329 e. The average molecular weight is 412 g/mol. The fourth-order valence-corrected chi connectivity index (χ4v) is 5.35. The molecule has 1 heterocycles. The van der Waals surface area contributed by atoms with Crippen molar-refractivity contribution in [3.63, 3.8) is 0 Å². The first-order chi connectivity index (χ1) is 13.8. The number of nitrogens with zero attached hydrogens (tertiary/aromatic N) is 1. The van der Waals surface area contributed by atoms with Gasteiger partial charge in [-0.2, -0.15) is 0 Å². The molecule has 0 aliphatic carbocycles. The molecule has 1 aliphatic rings. The number of rotatable bonds is 5. The maximum absolute atomic E-state index is 14.0. The van der Waals surface area contributed by atoms with E-state index in [4.69, 9.17) is 4.74 Å². The van der Waals surface area contributed by atoms with Crippen LogP contribution in [0.1, 0.15) is 44.7 Å². The monoisotopic (exact) mass is 411 g/mol. The molecule has 0 aromatic heterocycles. The maximum atomic E-state index is 14.0. The van der Waals surface area contributed by atoms with Crippen molar-refractivity contribution in [1.29, 1.82) is 0 Å². The molecule has 1 saturated heterocycles. The van der Waals surface area contributed by atoms with Crippen molar-refractivity contribution < 1.29 is 14.3 Å². The Kier molecular flexibility index (Phi) is 6.68. The van der Waals surface area contributed by atoms with Gasteiger partial charge in [0.25, 0.3) is 0 Å². The number of carbonyl (C=O) groups is 2. The lowest BCUT2D eigenvalue weighted by Crippen LogP contribution is -2.51. The van der Waals surface area contributed by atoms with Crippen LogP contribution in [0.4, 0.5) is 0 Å². The highest BCUT2D eigenvalue weighted by Gasteiger charge is 2.48. The standard InChI is InChI=1S/C24H29NO3S/c1-5-28-22(27)19-16-29-23(24(2,3)4)25(19)21(26)20(17-12-8-6-9-13-17)18-14-10-7-11-15-18/h6-15,19-20,23H,5,16H2,1-4H3. The van der Waals surface area contributed by atoms with Crippen LogP contribution in [0.15, 0.2) is 60.7 Å². The quantitative estimate of drug-likeness (QED) is 0.669. The average Bonchev–Trinajstić information content (AvgIpc) is 3.16. The van der Waals surface area contributed by atoms with Gasteiger partial charge in [-0.1, -0.05) is 81.4 Å². The van der Waals surface area contributed by atoms with Crippen LogP contribution in [-0.4, -0.2) is 40.6 Å². The summed E-state index contributed by atoms with van der Waals surface area (Å²) in [4.78, 5) is 28.5. The Morgan fingerprint density at radius 2 is 1.55 bits per heavy atom. The lowest BCUT2D eigenvalue weighted by molar-refractivity contribution is -0.155. The topological polar surface area (TPSA) is 46.6 Å². The Hall–Kier alpha value is -2.27. The zero-order valence-corrected chi connectivity index (χ0v) is 18.3. The van der Waals surface area contributed by atoms with Crippen molar-refractivity contribution >= 4 is 23.6 Å². The van der Waals surface area contributed by atoms with E-state index in [2.05, 4.69) is 20.8 Å². The molecule has 2 atom stereocenters. The number of benzene rings is 2. The Morgan fingerprint density at radius 1 is 1.03 bits per heavy atom. The number of amides is 1. The molecule has 0 bridgehead atoms. The third-order valence-corrected chi connectivity index (χ3v) is 6.83. The molecule has 0 radical (unpaired) electrons. The molecular weight excluding hydrogens is 382 g/mol. The zero-order chi connectivity index (χ0) is 21.0. The Morgan fingerprint density at radius 3 is 2.00 bits per heavy atom. The highest BCUT2D eigenvalue weighted by atomic mass is 32.2. The summed E-state index contributed by atoms with van der Waals surface area (Å²) in [6, 6.07) is 19.0. The Bertz CT molecular complexity index is 793. The number of hydrogen-bond donors (Lipinski definition) is 0. The summed E-state index contributed by atoms with van der Waals surface area (Å²) in [5, 5.41) is -0.0978. The Labute approximate surface area is 177 Å². The van der Waals surface area contributed by atoms with Crippen molar-refractivity contribution in [3.05, 3.63) is 71.8 Å². The van der Waals surface area contributed by atoms with E-state index in [-0.39, 0.29) is 22.7 Å². The molecule has 2 aromatic carbocycles. The SMILES string of the molecule is CCOC(=O)C1CSC(C(C)(C)C)N1C(=O)C(c1ccccc1)c1ccccc1. The fourth-order valence-electron chi connectivity index (χ4n) is 3.78. The molecule has 3 rings (SSSR count). The lowest BCUT2D eigenvalue weighted by Gasteiger charge is -2.38. The van der Waals surface area contributed by atoms with Crippen LogP contribution >= 0.6 is 11.8 Å². The van der Waals surface area contributed by atoms with Crippen LogP contribution in [0.25, 0.3) is 0 Å². The van der Waals surface area contributed by atoms with E-state index < -0.39 is 12.0 Å². The molecule has 4 nitrogen and oxygen atoms in total. The maximum Gasteiger partial charge on any atom is 0.329 e. The van der Waals surface area contributed by atoms with Gasteiger partial charge in [-0.15, -0.1) is 11.8 Å². The van der Waals surface area contributed by atoms with Crippen molar-refractivity contribution in [2.45, 2.75) is 45.0 Å². The van der Waals surface area contributed by atoms with Crippen molar-refractivity contribution in [3.8, 4) is 0 Å². The number of ether oxygens (including phenoxy) is 1. The minimum Gasteiger partial charge on any atom is -0.464 e. The zero-order valence-electron chi connectivity index (χ0n) is 17.5. The number of hydrogen-bond acceptors (Lipinski definition) is 4. The summed E-state index contributed by atoms with van der Waals surface area (Å²) in [7, 11) is 0. The van der Waals surface area contributed by atoms with Crippen molar-refractivity contribution in [1.82, 2.24) is 4.90 Å². The molecule has 29 heavy (non-hydrogen) atoms. The van der Waals surface area contributed by atoms with E-state index in [0.29, 0.717) is 12.4 Å². The fraction of sp³-hybridized carbons (Fsp3) is 0.417. The number of thioether (sulfide) groups is 1. The van der Waals surface area contributed by atoms with Gasteiger partial charge >= 0.3 is 5.97 Å². The first-order valence-corrected chi connectivity index (χ1v) is 11.1. The predicted molar refractivity (Wildman–Crippen MR) is 118 cm³/mol. The normalized spacial score (nSPS) is 19.4. The van der Waals surface area contributed by atoms with Gasteiger partial charge in [-0.05, 0) is 23.5 Å². The summed E-state index contributed by atoms with van der Waals surface area (Å²) in [5.74, 6) is -0.272. The highest BCUT2D eigenvalue weighted by Crippen LogP contribution is 2.43. The molecule has 0 saturated carbocycles. The summed E-state index contributed by atoms with van der Waals surface area (Å²) in [6.07, 6.45) is 0. The molecule has 2 unspecified atom stereocenters. The van der Waals surface area contributed by atoms with Gasteiger partial charge in [0.05, 0.1) is 17.9 Å². The summed E-state index contributed by atoms with van der Waals surface area (Å²) in [6.45, 7) is 8.43. The molecule has 0 spiro atoms. The summed E-state index contributed by atoms with van der Waals surface area (Å²) >= 11 is 1.66. The van der Waals surface area contributed by atoms with E-state index in [1.807, 2.05) is 60.7 Å². The van der Waals surface area contributed by atoms with Gasteiger partial charge in [0.1, 0.15) is 6.04 Å². The van der Waals surface area contributed by atoms with Gasteiger partial charge in [0.15, 0.2) is 0 Å². The van der Waals surface area contributed by atoms with Crippen LogP contribution < -0.4 is 0 Å². The second-order valence-corrected chi connectivity index (χ2v) is 9.43. The molecule has 5 heteroatoms. The largest absolute Gasteiger partial charge is 0.464 e. The van der Waals surface area contributed by atoms with Crippen LogP contribution in [-0.2, 0) is 14.3 Å². The van der Waals surface area contributed by atoms with Crippen LogP contribution in [0, 0.1) is 5.41 Å². The van der Waals surface area contributed by atoms with Gasteiger partial charge in [0.2, 0.25) is 5.91 Å². The minimum absolute atomic E-state index is 0.0506. The molecule has 154 valence electrons. The van der Waals surface area contributed by atoms with E-state index in [0.717, 1.165) is 11.1 Å². The van der Waals surface area contributed by atoms with Crippen molar-refractivity contribution in [2.24, 2.45) is 5.41 Å². The molecule has 1 fully saturated rings. The molecule has 1 aliphatic heterocycles. The lowest BCUT2D eigenvalue weighted by atomic mass is 9.88. The van der Waals surface area contributed by atoms with Gasteiger partial charge in [0, 0.05) is 5.75 Å². The summed E-state index contributed by atoms with van der Waals surface area (Å²) < 4.78 is 5.31. The highest BCUT2D eigenvalue weighted by molar-refractivity contribution is 8.00. The molecule has 1 amide bonds. The number of esters is 1. The minimum atomic E-state index is -0.563. The van der Waals surface area contributed by atoms with Crippen LogP contribution in [0.3, 0.4) is 0 Å². The van der Waals surface area contributed by atoms with Crippen LogP contribution in [0.2, 0.25) is 0 Å². The second-order valence-electron chi connectivity index (χ2n) is 8.32. The third kappa shape index (κ3) is 4.67. The molecule has 2 aromatic rings. The van der Waals surface area contributed by atoms with E-state index in [1.165, 1.54) is 0 Å². The predicted octanol–water partition coefficient (Wildman–Crippen LogP) is 4.70. The van der Waals surface area contributed by atoms with E-state index >= 15 is 0 Å². The van der Waals surface area contributed by atoms with E-state index in [1.54, 1.807) is 23.6 Å². The third-order valence-electron chi connectivity index (χ3n) is 5.07. The van der Waals surface area contributed by atoms with E-state index in [9.17, 15) is 9.59 Å². The first kappa shape index (κ1) is 21.4. The number of carbonyl (C=O) groups excluding carboxylic acids is 2. The Balaban J connectivity index is 2.06. The van der Waals surface area contributed by atoms with Gasteiger partial charge in [-0.25, -0.2) is 4.79 Å². The van der Waals surface area contributed by atoms with Crippen LogP contribution in [0.5, 0.6) is 0 Å². The first-order valence-electron chi connectivity index (χ1n) is 10.0. The molecular formula is C24H29NO3S. The van der Waals surface area contributed by atoms with Gasteiger partial charge < -0.3 is 9.64 Å².